The van der Waals surface area contributed by atoms with Gasteiger partial charge in [-0.1, -0.05) is 12.1 Å². The summed E-state index contributed by atoms with van der Waals surface area (Å²) in [6.45, 7) is 5.83. The molecule has 0 heterocycles. The Bertz CT molecular complexity index is 527. The summed E-state index contributed by atoms with van der Waals surface area (Å²) in [4.78, 5) is 4.28. The molecule has 0 unspecified atom stereocenters. The number of benzene rings is 1. The Hall–Kier alpha value is -1.06. The Labute approximate surface area is 181 Å². The Balaban J connectivity index is 0.00000676. The van der Waals surface area contributed by atoms with Crippen LogP contribution in [0.3, 0.4) is 0 Å². The number of rotatable bonds is 13. The largest absolute Gasteiger partial charge is 0.493 e. The fraction of sp³-hybridized carbons (Fsp3) is 0.650. The first-order valence-electron chi connectivity index (χ1n) is 9.36. The normalized spacial score (nSPS) is 11.0. The third-order valence-corrected chi connectivity index (χ3v) is 3.96. The topological polar surface area (TPSA) is 64.1 Å². The molecule has 1 aromatic rings. The SMILES string of the molecule is CN=C(NCCCCCOC)NCc1ccc(C)cc1OCCCOC.I. The summed E-state index contributed by atoms with van der Waals surface area (Å²) < 4.78 is 16.1. The highest BCUT2D eigenvalue weighted by Crippen LogP contribution is 2.20. The van der Waals surface area contributed by atoms with Crippen LogP contribution in [0.4, 0.5) is 0 Å². The molecule has 0 amide bonds. The number of hydrogen-bond acceptors (Lipinski definition) is 4. The summed E-state index contributed by atoms with van der Waals surface area (Å²) in [5.41, 5.74) is 2.31. The molecule has 0 aliphatic heterocycles. The van der Waals surface area contributed by atoms with Crippen molar-refractivity contribution < 1.29 is 14.2 Å². The average molecular weight is 493 g/mol. The molecule has 7 heteroatoms. The second-order valence-electron chi connectivity index (χ2n) is 6.21. The van der Waals surface area contributed by atoms with Crippen LogP contribution in [0.15, 0.2) is 23.2 Å². The van der Waals surface area contributed by atoms with Crippen LogP contribution in [-0.2, 0) is 16.0 Å². The zero-order valence-electron chi connectivity index (χ0n) is 17.2. The summed E-state index contributed by atoms with van der Waals surface area (Å²) in [7, 11) is 5.24. The summed E-state index contributed by atoms with van der Waals surface area (Å²) >= 11 is 0. The van der Waals surface area contributed by atoms with E-state index in [0.717, 1.165) is 56.1 Å². The third kappa shape index (κ3) is 12.1. The highest BCUT2D eigenvalue weighted by atomic mass is 127. The lowest BCUT2D eigenvalue weighted by Gasteiger charge is -2.15. The molecular weight excluding hydrogens is 457 g/mol. The number of unbranched alkanes of at least 4 members (excludes halogenated alkanes) is 2. The maximum absolute atomic E-state index is 5.93. The van der Waals surface area contributed by atoms with Crippen molar-refractivity contribution in [1.82, 2.24) is 10.6 Å². The van der Waals surface area contributed by atoms with E-state index < -0.39 is 0 Å². The van der Waals surface area contributed by atoms with Crippen LogP contribution < -0.4 is 15.4 Å². The number of guanidine groups is 1. The predicted octanol–water partition coefficient (Wildman–Crippen LogP) is 3.51. The molecule has 1 rings (SSSR count). The molecule has 2 N–H and O–H groups in total. The molecular formula is C20H36IN3O3. The van der Waals surface area contributed by atoms with Gasteiger partial charge >= 0.3 is 0 Å². The number of aryl methyl sites for hydroxylation is 1. The van der Waals surface area contributed by atoms with Crippen molar-refractivity contribution in [1.29, 1.82) is 0 Å². The molecule has 27 heavy (non-hydrogen) atoms. The highest BCUT2D eigenvalue weighted by molar-refractivity contribution is 14.0. The third-order valence-electron chi connectivity index (χ3n) is 3.96. The van der Waals surface area contributed by atoms with Crippen molar-refractivity contribution in [3.63, 3.8) is 0 Å². The maximum Gasteiger partial charge on any atom is 0.191 e. The van der Waals surface area contributed by atoms with Gasteiger partial charge in [0.25, 0.3) is 0 Å². The number of ether oxygens (including phenoxy) is 3. The van der Waals surface area contributed by atoms with Gasteiger partial charge < -0.3 is 24.8 Å². The van der Waals surface area contributed by atoms with Crippen molar-refractivity contribution in [3.8, 4) is 5.75 Å². The van der Waals surface area contributed by atoms with Crippen molar-refractivity contribution in [3.05, 3.63) is 29.3 Å². The van der Waals surface area contributed by atoms with E-state index in [9.17, 15) is 0 Å². The van der Waals surface area contributed by atoms with Gasteiger partial charge in [0.2, 0.25) is 0 Å². The fourth-order valence-electron chi connectivity index (χ4n) is 2.48. The summed E-state index contributed by atoms with van der Waals surface area (Å²) in [6, 6.07) is 6.28. The lowest BCUT2D eigenvalue weighted by molar-refractivity contribution is 0.171. The van der Waals surface area contributed by atoms with E-state index in [1.165, 1.54) is 5.56 Å². The van der Waals surface area contributed by atoms with Crippen LogP contribution in [0.5, 0.6) is 5.75 Å². The molecule has 6 nitrogen and oxygen atoms in total. The van der Waals surface area contributed by atoms with Crippen LogP contribution >= 0.6 is 24.0 Å². The van der Waals surface area contributed by atoms with E-state index in [-0.39, 0.29) is 24.0 Å². The second-order valence-corrected chi connectivity index (χ2v) is 6.21. The molecule has 0 radical (unpaired) electrons. The first-order chi connectivity index (χ1) is 12.7. The lowest BCUT2D eigenvalue weighted by Crippen LogP contribution is -2.37. The monoisotopic (exact) mass is 493 g/mol. The summed E-state index contributed by atoms with van der Waals surface area (Å²) in [5.74, 6) is 1.73. The number of halogens is 1. The minimum Gasteiger partial charge on any atom is -0.493 e. The maximum atomic E-state index is 5.93. The van der Waals surface area contributed by atoms with E-state index >= 15 is 0 Å². The first-order valence-corrected chi connectivity index (χ1v) is 9.36. The van der Waals surface area contributed by atoms with E-state index in [0.29, 0.717) is 19.8 Å². The van der Waals surface area contributed by atoms with Crippen LogP contribution in [0.1, 0.15) is 36.8 Å². The quantitative estimate of drug-likeness (QED) is 0.191. The van der Waals surface area contributed by atoms with Crippen molar-refractivity contribution >= 4 is 29.9 Å². The average Bonchev–Trinajstić information content (AvgIpc) is 2.65. The standard InChI is InChI=1S/C20H35N3O3.HI/c1-17-9-10-18(19(15-17)26-14-8-13-25-4)16-23-20(21-2)22-11-6-5-7-12-24-3;/h9-10,15H,5-8,11-14,16H2,1-4H3,(H2,21,22,23);1H. The molecule has 0 spiro atoms. The molecule has 0 atom stereocenters. The number of nitrogens with one attached hydrogen (secondary N) is 2. The highest BCUT2D eigenvalue weighted by Gasteiger charge is 2.06. The number of hydrogen-bond donors (Lipinski definition) is 2. The fourth-order valence-corrected chi connectivity index (χ4v) is 2.48. The van der Waals surface area contributed by atoms with Crippen LogP contribution in [0.2, 0.25) is 0 Å². The summed E-state index contributed by atoms with van der Waals surface area (Å²) in [6.07, 6.45) is 4.22. The summed E-state index contributed by atoms with van der Waals surface area (Å²) in [5, 5.41) is 6.71. The molecule has 1 aromatic carbocycles. The number of aliphatic imine (C=N–C) groups is 1. The van der Waals surface area contributed by atoms with Crippen molar-refractivity contribution in [2.24, 2.45) is 4.99 Å². The Morgan fingerprint density at radius 2 is 1.70 bits per heavy atom. The van der Waals surface area contributed by atoms with Gasteiger partial charge in [0.1, 0.15) is 5.75 Å². The van der Waals surface area contributed by atoms with Gasteiger partial charge in [0, 0.05) is 59.6 Å². The Morgan fingerprint density at radius 1 is 0.963 bits per heavy atom. The Morgan fingerprint density at radius 3 is 2.41 bits per heavy atom. The van der Waals surface area contributed by atoms with Gasteiger partial charge in [0.15, 0.2) is 5.96 Å². The van der Waals surface area contributed by atoms with Gasteiger partial charge in [-0.05, 0) is 37.8 Å². The number of nitrogens with zero attached hydrogens (tertiary/aromatic N) is 1. The van der Waals surface area contributed by atoms with E-state index in [1.807, 2.05) is 0 Å². The molecule has 0 aromatic heterocycles. The van der Waals surface area contributed by atoms with E-state index in [2.05, 4.69) is 40.7 Å². The van der Waals surface area contributed by atoms with E-state index in [1.54, 1.807) is 21.3 Å². The van der Waals surface area contributed by atoms with Crippen LogP contribution in [-0.4, -0.2) is 53.6 Å². The molecule has 0 aliphatic carbocycles. The molecule has 0 aliphatic rings. The van der Waals surface area contributed by atoms with Crippen molar-refractivity contribution in [2.75, 3.05) is 47.6 Å². The second kappa shape index (κ2) is 17.1. The molecule has 0 saturated heterocycles. The molecule has 0 bridgehead atoms. The van der Waals surface area contributed by atoms with Gasteiger partial charge in [-0.15, -0.1) is 24.0 Å². The smallest absolute Gasteiger partial charge is 0.191 e. The molecule has 0 saturated carbocycles. The van der Waals surface area contributed by atoms with Gasteiger partial charge in [-0.25, -0.2) is 0 Å². The minimum atomic E-state index is 0. The van der Waals surface area contributed by atoms with Crippen LogP contribution in [0.25, 0.3) is 0 Å². The van der Waals surface area contributed by atoms with Gasteiger partial charge in [-0.3, -0.25) is 4.99 Å². The molecule has 0 fully saturated rings. The van der Waals surface area contributed by atoms with E-state index in [4.69, 9.17) is 14.2 Å². The van der Waals surface area contributed by atoms with Crippen LogP contribution in [0, 0.1) is 6.92 Å². The zero-order chi connectivity index (χ0) is 19.0. The van der Waals surface area contributed by atoms with Crippen molar-refractivity contribution in [2.45, 2.75) is 39.2 Å². The van der Waals surface area contributed by atoms with Gasteiger partial charge in [-0.2, -0.15) is 0 Å². The minimum absolute atomic E-state index is 0. The van der Waals surface area contributed by atoms with Gasteiger partial charge in [0.05, 0.1) is 6.61 Å². The zero-order valence-corrected chi connectivity index (χ0v) is 19.5. The first kappa shape index (κ1) is 25.9. The number of methoxy groups -OCH3 is 2. The lowest BCUT2D eigenvalue weighted by atomic mass is 10.1. The Kier molecular flexibility index (Phi) is 16.4. The molecule has 156 valence electrons. The predicted molar refractivity (Wildman–Crippen MR) is 123 cm³/mol.